The van der Waals surface area contributed by atoms with Crippen LogP contribution in [0.2, 0.25) is 0 Å². The molecule has 0 radical (unpaired) electrons. The van der Waals surface area contributed by atoms with Gasteiger partial charge in [-0.25, -0.2) is 4.98 Å². The fraction of sp³-hybridized carbons (Fsp3) is 0.500. The number of rotatable bonds is 6. The van der Waals surface area contributed by atoms with Crippen LogP contribution in [0, 0.1) is 13.8 Å². The molecular formula is C16H24N4. The summed E-state index contributed by atoms with van der Waals surface area (Å²) in [4.78, 5) is 4.35. The summed E-state index contributed by atoms with van der Waals surface area (Å²) in [5.74, 6) is 1.01. The van der Waals surface area contributed by atoms with Crippen molar-refractivity contribution in [2.24, 2.45) is 7.05 Å². The van der Waals surface area contributed by atoms with Gasteiger partial charge in [-0.2, -0.15) is 5.10 Å². The van der Waals surface area contributed by atoms with Crippen LogP contribution >= 0.6 is 0 Å². The Labute approximate surface area is 121 Å². The molecule has 0 aliphatic heterocycles. The third kappa shape index (κ3) is 3.25. The van der Waals surface area contributed by atoms with Crippen LogP contribution in [0.25, 0.3) is 0 Å². The lowest BCUT2D eigenvalue weighted by molar-refractivity contribution is 0.504. The minimum absolute atomic E-state index is 0.290. The Kier molecular flexibility index (Phi) is 4.90. The minimum Gasteiger partial charge on any atom is -0.310 e. The molecular weight excluding hydrogens is 248 g/mol. The van der Waals surface area contributed by atoms with Gasteiger partial charge in [-0.1, -0.05) is 25.1 Å². The van der Waals surface area contributed by atoms with E-state index in [2.05, 4.69) is 54.4 Å². The molecule has 0 saturated heterocycles. The summed E-state index contributed by atoms with van der Waals surface area (Å²) < 4.78 is 1.85. The lowest BCUT2D eigenvalue weighted by Crippen LogP contribution is -2.26. The highest BCUT2D eigenvalue weighted by molar-refractivity contribution is 5.35. The summed E-state index contributed by atoms with van der Waals surface area (Å²) in [6.45, 7) is 7.56. The van der Waals surface area contributed by atoms with Crippen LogP contribution in [0.1, 0.15) is 41.9 Å². The highest BCUT2D eigenvalue weighted by Gasteiger charge is 2.16. The highest BCUT2D eigenvalue weighted by atomic mass is 15.3. The predicted octanol–water partition coefficient (Wildman–Crippen LogP) is 2.72. The smallest absolute Gasteiger partial charge is 0.138 e. The normalized spacial score (nSPS) is 12.6. The summed E-state index contributed by atoms with van der Waals surface area (Å²) in [6, 6.07) is 6.80. The highest BCUT2D eigenvalue weighted by Crippen LogP contribution is 2.23. The molecule has 0 fully saturated rings. The molecule has 0 aliphatic carbocycles. The van der Waals surface area contributed by atoms with E-state index in [0.29, 0.717) is 0 Å². The van der Waals surface area contributed by atoms with Crippen molar-refractivity contribution in [3.05, 3.63) is 47.0 Å². The van der Waals surface area contributed by atoms with Crippen LogP contribution in [0.4, 0.5) is 0 Å². The third-order valence-corrected chi connectivity index (χ3v) is 3.85. The van der Waals surface area contributed by atoms with Crippen LogP contribution in [0.3, 0.4) is 0 Å². The van der Waals surface area contributed by atoms with E-state index < -0.39 is 0 Å². The fourth-order valence-corrected chi connectivity index (χ4v) is 2.45. The SMILES string of the molecule is CCCNC(Cc1ncnn1C)c1cccc(C)c1C. The number of hydrogen-bond acceptors (Lipinski definition) is 3. The maximum Gasteiger partial charge on any atom is 0.138 e. The third-order valence-electron chi connectivity index (χ3n) is 3.85. The van der Waals surface area contributed by atoms with Crippen molar-refractivity contribution in [2.45, 2.75) is 39.7 Å². The van der Waals surface area contributed by atoms with Gasteiger partial charge in [-0.15, -0.1) is 0 Å². The van der Waals surface area contributed by atoms with Crippen molar-refractivity contribution in [1.29, 1.82) is 0 Å². The van der Waals surface area contributed by atoms with Gasteiger partial charge in [0.05, 0.1) is 0 Å². The largest absolute Gasteiger partial charge is 0.310 e. The molecule has 1 aromatic carbocycles. The van der Waals surface area contributed by atoms with Gasteiger partial charge in [0, 0.05) is 19.5 Å². The Bertz CT molecular complexity index is 559. The Morgan fingerprint density at radius 3 is 2.75 bits per heavy atom. The summed E-state index contributed by atoms with van der Waals surface area (Å²) in [7, 11) is 1.95. The second-order valence-electron chi connectivity index (χ2n) is 5.30. The van der Waals surface area contributed by atoms with Gasteiger partial charge in [0.1, 0.15) is 12.2 Å². The second kappa shape index (κ2) is 6.66. The molecule has 1 aromatic heterocycles. The molecule has 2 aromatic rings. The zero-order valence-electron chi connectivity index (χ0n) is 12.8. The Morgan fingerprint density at radius 1 is 1.30 bits per heavy atom. The average Bonchev–Trinajstić information content (AvgIpc) is 2.83. The first-order valence-electron chi connectivity index (χ1n) is 7.25. The lowest BCUT2D eigenvalue weighted by Gasteiger charge is -2.21. The van der Waals surface area contributed by atoms with Gasteiger partial charge in [0.25, 0.3) is 0 Å². The zero-order chi connectivity index (χ0) is 14.5. The maximum absolute atomic E-state index is 4.35. The van der Waals surface area contributed by atoms with E-state index in [4.69, 9.17) is 0 Å². The quantitative estimate of drug-likeness (QED) is 0.879. The molecule has 1 atom stereocenters. The van der Waals surface area contributed by atoms with Crippen molar-refractivity contribution in [2.75, 3.05) is 6.54 Å². The molecule has 0 amide bonds. The second-order valence-corrected chi connectivity index (χ2v) is 5.30. The number of aryl methyl sites for hydroxylation is 2. The molecule has 0 aliphatic rings. The van der Waals surface area contributed by atoms with E-state index in [9.17, 15) is 0 Å². The molecule has 1 heterocycles. The number of nitrogens with one attached hydrogen (secondary N) is 1. The van der Waals surface area contributed by atoms with Gasteiger partial charge in [-0.3, -0.25) is 4.68 Å². The van der Waals surface area contributed by atoms with Gasteiger partial charge >= 0.3 is 0 Å². The molecule has 0 saturated carbocycles. The molecule has 1 N–H and O–H groups in total. The van der Waals surface area contributed by atoms with Gasteiger partial charge in [-0.05, 0) is 43.5 Å². The van der Waals surface area contributed by atoms with Crippen molar-refractivity contribution in [1.82, 2.24) is 20.1 Å². The summed E-state index contributed by atoms with van der Waals surface area (Å²) in [6.07, 6.45) is 3.61. The Hall–Kier alpha value is -1.68. The molecule has 0 bridgehead atoms. The van der Waals surface area contributed by atoms with E-state index in [1.54, 1.807) is 6.33 Å². The first kappa shape index (κ1) is 14.7. The molecule has 0 spiro atoms. The molecule has 4 heteroatoms. The monoisotopic (exact) mass is 272 g/mol. The van der Waals surface area contributed by atoms with E-state index >= 15 is 0 Å². The van der Waals surface area contributed by atoms with E-state index in [-0.39, 0.29) is 6.04 Å². The van der Waals surface area contributed by atoms with Crippen LogP contribution in [0.5, 0.6) is 0 Å². The fourth-order valence-electron chi connectivity index (χ4n) is 2.45. The molecule has 2 rings (SSSR count). The van der Waals surface area contributed by atoms with Crippen molar-refractivity contribution in [3.8, 4) is 0 Å². The topological polar surface area (TPSA) is 42.7 Å². The van der Waals surface area contributed by atoms with Crippen LogP contribution in [-0.2, 0) is 13.5 Å². The summed E-state index contributed by atoms with van der Waals surface area (Å²) >= 11 is 0. The molecule has 1 unspecified atom stereocenters. The van der Waals surface area contributed by atoms with Crippen LogP contribution in [-0.4, -0.2) is 21.3 Å². The molecule has 4 nitrogen and oxygen atoms in total. The average molecular weight is 272 g/mol. The number of aromatic nitrogens is 3. The summed E-state index contributed by atoms with van der Waals surface area (Å²) in [5, 5.41) is 7.80. The zero-order valence-corrected chi connectivity index (χ0v) is 12.8. The standard InChI is InChI=1S/C16H24N4/c1-5-9-17-15(10-16-18-11-19-20(16)4)14-8-6-7-12(2)13(14)3/h6-8,11,15,17H,5,9-10H2,1-4H3. The van der Waals surface area contributed by atoms with E-state index in [1.165, 1.54) is 16.7 Å². The van der Waals surface area contributed by atoms with Gasteiger partial charge in [0.2, 0.25) is 0 Å². The maximum atomic E-state index is 4.35. The van der Waals surface area contributed by atoms with Gasteiger partial charge in [0.15, 0.2) is 0 Å². The summed E-state index contributed by atoms with van der Waals surface area (Å²) in [5.41, 5.74) is 4.06. The number of nitrogens with zero attached hydrogens (tertiary/aromatic N) is 3. The predicted molar refractivity (Wildman–Crippen MR) is 81.7 cm³/mol. The van der Waals surface area contributed by atoms with Crippen molar-refractivity contribution in [3.63, 3.8) is 0 Å². The van der Waals surface area contributed by atoms with E-state index in [1.807, 2.05) is 11.7 Å². The Balaban J connectivity index is 2.27. The molecule has 108 valence electrons. The van der Waals surface area contributed by atoms with Crippen LogP contribution in [0.15, 0.2) is 24.5 Å². The first-order chi connectivity index (χ1) is 9.63. The van der Waals surface area contributed by atoms with Crippen molar-refractivity contribution >= 4 is 0 Å². The van der Waals surface area contributed by atoms with Crippen LogP contribution < -0.4 is 5.32 Å². The van der Waals surface area contributed by atoms with Gasteiger partial charge < -0.3 is 5.32 Å². The first-order valence-corrected chi connectivity index (χ1v) is 7.25. The lowest BCUT2D eigenvalue weighted by atomic mass is 9.95. The van der Waals surface area contributed by atoms with Crippen molar-refractivity contribution < 1.29 is 0 Å². The molecule has 20 heavy (non-hydrogen) atoms. The minimum atomic E-state index is 0.290. The number of hydrogen-bond donors (Lipinski definition) is 1. The Morgan fingerprint density at radius 2 is 2.10 bits per heavy atom. The van der Waals surface area contributed by atoms with E-state index in [0.717, 1.165) is 25.2 Å². The number of benzene rings is 1.